The molecule has 0 spiro atoms. The van der Waals surface area contributed by atoms with Crippen molar-refractivity contribution in [2.75, 3.05) is 0 Å². The highest BCUT2D eigenvalue weighted by Crippen LogP contribution is 2.61. The molecule has 3 fully saturated rings. The van der Waals surface area contributed by atoms with Crippen LogP contribution in [0.5, 0.6) is 0 Å². The summed E-state index contributed by atoms with van der Waals surface area (Å²) in [5.74, 6) is 2.00. The van der Waals surface area contributed by atoms with Gasteiger partial charge in [0, 0.05) is 24.3 Å². The van der Waals surface area contributed by atoms with Gasteiger partial charge < -0.3 is 9.47 Å². The molecule has 0 N–H and O–H groups in total. The highest BCUT2D eigenvalue weighted by molar-refractivity contribution is 5.83. The van der Waals surface area contributed by atoms with Gasteiger partial charge in [-0.1, -0.05) is 13.0 Å². The van der Waals surface area contributed by atoms with Crippen LogP contribution in [0, 0.1) is 29.1 Å². The lowest BCUT2D eigenvalue weighted by Gasteiger charge is -2.53. The molecule has 3 aliphatic carbocycles. The SMILES string of the molecule is CC(=O)O[C@@H]1CC[C@H]2[C@H]3CC[C@H]4OC(=O)C=C[C@@H]4[C@@H]3CC[C@]12C. The van der Waals surface area contributed by atoms with E-state index >= 15 is 0 Å². The van der Waals surface area contributed by atoms with Crippen molar-refractivity contribution in [3.05, 3.63) is 12.2 Å². The number of fused-ring (bicyclic) bond motifs is 5. The molecule has 0 aromatic carbocycles. The fraction of sp³-hybridized carbons (Fsp3) is 0.789. The Bertz CT molecular complexity index is 554. The van der Waals surface area contributed by atoms with Gasteiger partial charge in [-0.2, -0.15) is 0 Å². The van der Waals surface area contributed by atoms with Crippen molar-refractivity contribution in [1.82, 2.24) is 0 Å². The first-order valence-electron chi connectivity index (χ1n) is 9.05. The summed E-state index contributed by atoms with van der Waals surface area (Å²) in [6, 6.07) is 0. The minimum atomic E-state index is -0.180. The third-order valence-corrected chi connectivity index (χ3v) is 7.14. The molecule has 1 aliphatic heterocycles. The average molecular weight is 318 g/mol. The maximum absolute atomic E-state index is 11.5. The summed E-state index contributed by atoms with van der Waals surface area (Å²) in [6.45, 7) is 3.85. The van der Waals surface area contributed by atoms with Gasteiger partial charge in [-0.05, 0) is 56.3 Å². The lowest BCUT2D eigenvalue weighted by molar-refractivity contribution is -0.161. The lowest BCUT2D eigenvalue weighted by Crippen LogP contribution is -2.51. The largest absolute Gasteiger partial charge is 0.462 e. The van der Waals surface area contributed by atoms with Gasteiger partial charge in [-0.25, -0.2) is 4.79 Å². The number of rotatable bonds is 1. The number of esters is 2. The molecule has 0 unspecified atom stereocenters. The van der Waals surface area contributed by atoms with Gasteiger partial charge in [-0.3, -0.25) is 4.79 Å². The van der Waals surface area contributed by atoms with E-state index in [1.54, 1.807) is 6.08 Å². The predicted octanol–water partition coefficient (Wildman–Crippen LogP) is 3.25. The van der Waals surface area contributed by atoms with E-state index in [9.17, 15) is 9.59 Å². The monoisotopic (exact) mass is 318 g/mol. The van der Waals surface area contributed by atoms with E-state index in [4.69, 9.17) is 9.47 Å². The van der Waals surface area contributed by atoms with E-state index in [1.807, 2.05) is 0 Å². The van der Waals surface area contributed by atoms with Crippen molar-refractivity contribution in [2.45, 2.75) is 64.6 Å². The van der Waals surface area contributed by atoms with Gasteiger partial charge in [0.05, 0.1) is 0 Å². The van der Waals surface area contributed by atoms with Crippen LogP contribution in [0.1, 0.15) is 52.4 Å². The second kappa shape index (κ2) is 5.35. The maximum Gasteiger partial charge on any atom is 0.330 e. The van der Waals surface area contributed by atoms with E-state index in [0.29, 0.717) is 23.7 Å². The van der Waals surface area contributed by atoms with Gasteiger partial charge in [0.1, 0.15) is 12.2 Å². The molecule has 0 amide bonds. The van der Waals surface area contributed by atoms with Crippen molar-refractivity contribution in [2.24, 2.45) is 29.1 Å². The maximum atomic E-state index is 11.5. The van der Waals surface area contributed by atoms with E-state index in [2.05, 4.69) is 13.0 Å². The Balaban J connectivity index is 1.57. The zero-order chi connectivity index (χ0) is 16.2. The number of carbonyl (C=O) groups excluding carboxylic acids is 2. The normalized spacial score (nSPS) is 48.0. The van der Waals surface area contributed by atoms with E-state index < -0.39 is 0 Å². The van der Waals surface area contributed by atoms with Crippen LogP contribution in [-0.4, -0.2) is 24.1 Å². The first kappa shape index (κ1) is 15.2. The molecule has 0 aromatic rings. The van der Waals surface area contributed by atoms with Crippen molar-refractivity contribution in [3.8, 4) is 0 Å². The standard InChI is InChI=1S/C19H26O4/c1-11(20)22-17-7-5-15-13-3-6-16-14(4-8-18(21)23-16)12(13)9-10-19(15,17)2/h4,8,12-17H,3,5-7,9-10H2,1-2H3/t12-,13+,14-,15+,16-,17-,19+/m1/s1. The van der Waals surface area contributed by atoms with E-state index in [-0.39, 0.29) is 29.6 Å². The van der Waals surface area contributed by atoms with E-state index in [1.165, 1.54) is 6.92 Å². The van der Waals surface area contributed by atoms with Crippen LogP contribution >= 0.6 is 0 Å². The number of ether oxygens (including phenoxy) is 2. The molecular formula is C19H26O4. The molecule has 4 rings (SSSR count). The number of hydrogen-bond donors (Lipinski definition) is 0. The van der Waals surface area contributed by atoms with Crippen LogP contribution in [0.3, 0.4) is 0 Å². The summed E-state index contributed by atoms with van der Waals surface area (Å²) in [4.78, 5) is 22.9. The smallest absolute Gasteiger partial charge is 0.330 e. The molecule has 0 radical (unpaired) electrons. The van der Waals surface area contributed by atoms with Gasteiger partial charge in [0.15, 0.2) is 0 Å². The second-order valence-electron chi connectivity index (χ2n) is 8.14. The minimum Gasteiger partial charge on any atom is -0.462 e. The molecular weight excluding hydrogens is 292 g/mol. The minimum absolute atomic E-state index is 0.0865. The Morgan fingerprint density at radius 3 is 2.83 bits per heavy atom. The zero-order valence-corrected chi connectivity index (χ0v) is 14.0. The summed E-state index contributed by atoms with van der Waals surface area (Å²) < 4.78 is 11.2. The van der Waals surface area contributed by atoms with Crippen LogP contribution in [0.2, 0.25) is 0 Å². The quantitative estimate of drug-likeness (QED) is 0.696. The second-order valence-corrected chi connectivity index (χ2v) is 8.14. The molecule has 4 nitrogen and oxygen atoms in total. The molecule has 0 saturated heterocycles. The predicted molar refractivity (Wildman–Crippen MR) is 84.3 cm³/mol. The number of hydrogen-bond acceptors (Lipinski definition) is 4. The Kier molecular flexibility index (Phi) is 3.54. The van der Waals surface area contributed by atoms with Crippen LogP contribution in [0.25, 0.3) is 0 Å². The fourth-order valence-corrected chi connectivity index (χ4v) is 6.16. The van der Waals surface area contributed by atoms with E-state index in [0.717, 1.165) is 38.5 Å². The molecule has 1 heterocycles. The Hall–Kier alpha value is -1.32. The molecule has 23 heavy (non-hydrogen) atoms. The molecule has 0 bridgehead atoms. The Labute approximate surface area is 137 Å². The molecule has 3 saturated carbocycles. The van der Waals surface area contributed by atoms with Crippen LogP contribution in [-0.2, 0) is 19.1 Å². The Morgan fingerprint density at radius 2 is 2.04 bits per heavy atom. The van der Waals surface area contributed by atoms with Gasteiger partial charge in [0.2, 0.25) is 0 Å². The van der Waals surface area contributed by atoms with Gasteiger partial charge in [-0.15, -0.1) is 0 Å². The van der Waals surface area contributed by atoms with Crippen LogP contribution in [0.15, 0.2) is 12.2 Å². The fourth-order valence-electron chi connectivity index (χ4n) is 6.16. The highest BCUT2D eigenvalue weighted by Gasteiger charge is 2.58. The molecule has 126 valence electrons. The summed E-state index contributed by atoms with van der Waals surface area (Å²) in [5, 5.41) is 0. The summed E-state index contributed by atoms with van der Waals surface area (Å²) >= 11 is 0. The Morgan fingerprint density at radius 1 is 1.22 bits per heavy atom. The molecule has 7 atom stereocenters. The third kappa shape index (κ3) is 2.33. The molecule has 0 aromatic heterocycles. The van der Waals surface area contributed by atoms with Crippen molar-refractivity contribution >= 4 is 11.9 Å². The molecule has 4 aliphatic rings. The summed E-state index contributed by atoms with van der Waals surface area (Å²) in [7, 11) is 0. The summed E-state index contributed by atoms with van der Waals surface area (Å²) in [6.07, 6.45) is 10.4. The summed E-state index contributed by atoms with van der Waals surface area (Å²) in [5.41, 5.74) is 0.134. The van der Waals surface area contributed by atoms with Gasteiger partial charge in [0.25, 0.3) is 0 Å². The van der Waals surface area contributed by atoms with Crippen LogP contribution < -0.4 is 0 Å². The first-order valence-corrected chi connectivity index (χ1v) is 9.05. The highest BCUT2D eigenvalue weighted by atomic mass is 16.5. The third-order valence-electron chi connectivity index (χ3n) is 7.14. The topological polar surface area (TPSA) is 52.6 Å². The van der Waals surface area contributed by atoms with Crippen molar-refractivity contribution < 1.29 is 19.1 Å². The van der Waals surface area contributed by atoms with Crippen LogP contribution in [0.4, 0.5) is 0 Å². The first-order chi connectivity index (χ1) is 11.0. The van der Waals surface area contributed by atoms with Crippen molar-refractivity contribution in [3.63, 3.8) is 0 Å². The van der Waals surface area contributed by atoms with Gasteiger partial charge >= 0.3 is 11.9 Å². The zero-order valence-electron chi connectivity index (χ0n) is 14.0. The number of carbonyl (C=O) groups is 2. The van der Waals surface area contributed by atoms with Crippen molar-refractivity contribution in [1.29, 1.82) is 0 Å². The average Bonchev–Trinajstić information content (AvgIpc) is 2.83. The molecule has 4 heteroatoms. The lowest BCUT2D eigenvalue weighted by atomic mass is 9.53.